The number of aliphatic hydroxyl groups is 1. The highest BCUT2D eigenvalue weighted by molar-refractivity contribution is 5.72. The predicted octanol–water partition coefficient (Wildman–Crippen LogP) is 2.72. The lowest BCUT2D eigenvalue weighted by Crippen LogP contribution is -2.53. The van der Waals surface area contributed by atoms with Crippen LogP contribution in [-0.4, -0.2) is 47.6 Å². The summed E-state index contributed by atoms with van der Waals surface area (Å²) in [5.74, 6) is 1.25. The maximum Gasteiger partial charge on any atom is 0.413 e. The highest BCUT2D eigenvalue weighted by Crippen LogP contribution is 2.44. The van der Waals surface area contributed by atoms with Crippen LogP contribution in [0.1, 0.15) is 25.0 Å². The molecule has 7 nitrogen and oxygen atoms in total. The SMILES string of the molecule is COc1ccc(CCN2C(=O)O[C@@](C)(c3cccnc3)[C@]2(C)O)cc1OC. The summed E-state index contributed by atoms with van der Waals surface area (Å²) in [4.78, 5) is 17.9. The number of hydrogen-bond donors (Lipinski definition) is 1. The Morgan fingerprint density at radius 3 is 2.56 bits per heavy atom. The van der Waals surface area contributed by atoms with Crippen molar-refractivity contribution >= 4 is 6.09 Å². The van der Waals surface area contributed by atoms with E-state index >= 15 is 0 Å². The number of carbonyl (C=O) groups excluding carboxylic acids is 1. The standard InChI is InChI=1S/C20H24N2O5/c1-19(15-6-5-10-21-13-15)20(2,24)22(18(23)27-19)11-9-14-7-8-16(25-3)17(12-14)26-4/h5-8,10,12-13,24H,9,11H2,1-4H3/t19-,20-/m0/s1. The van der Waals surface area contributed by atoms with E-state index in [1.807, 2.05) is 18.2 Å². The zero-order valence-corrected chi connectivity index (χ0v) is 15.9. The molecule has 1 aromatic carbocycles. The van der Waals surface area contributed by atoms with Gasteiger partial charge in [0.2, 0.25) is 0 Å². The van der Waals surface area contributed by atoms with Crippen molar-refractivity contribution in [3.05, 3.63) is 53.9 Å². The summed E-state index contributed by atoms with van der Waals surface area (Å²) in [5.41, 5.74) is -1.15. The van der Waals surface area contributed by atoms with Crippen molar-refractivity contribution in [3.63, 3.8) is 0 Å². The number of nitrogens with zero attached hydrogens (tertiary/aromatic N) is 2. The first kappa shape index (κ1) is 19.0. The van der Waals surface area contributed by atoms with Gasteiger partial charge in [0.05, 0.1) is 14.2 Å². The van der Waals surface area contributed by atoms with E-state index < -0.39 is 17.4 Å². The van der Waals surface area contributed by atoms with Crippen molar-refractivity contribution in [3.8, 4) is 11.5 Å². The van der Waals surface area contributed by atoms with Crippen molar-refractivity contribution in [1.82, 2.24) is 9.88 Å². The van der Waals surface area contributed by atoms with Crippen molar-refractivity contribution < 1.29 is 24.1 Å². The highest BCUT2D eigenvalue weighted by atomic mass is 16.6. The molecule has 27 heavy (non-hydrogen) atoms. The second kappa shape index (κ2) is 7.08. The zero-order chi connectivity index (χ0) is 19.7. The van der Waals surface area contributed by atoms with Crippen LogP contribution in [0.3, 0.4) is 0 Å². The van der Waals surface area contributed by atoms with Crippen LogP contribution in [0, 0.1) is 0 Å². The number of rotatable bonds is 6. The molecule has 0 unspecified atom stereocenters. The minimum atomic E-state index is -1.52. The molecule has 0 bridgehead atoms. The Labute approximate surface area is 158 Å². The fourth-order valence-corrected chi connectivity index (χ4v) is 3.33. The highest BCUT2D eigenvalue weighted by Gasteiger charge is 2.60. The molecule has 1 amide bonds. The average Bonchev–Trinajstić information content (AvgIpc) is 2.85. The average molecular weight is 372 g/mol. The molecule has 1 N–H and O–H groups in total. The van der Waals surface area contributed by atoms with E-state index in [1.165, 1.54) is 4.90 Å². The van der Waals surface area contributed by atoms with Gasteiger partial charge in [-0.25, -0.2) is 4.79 Å². The summed E-state index contributed by atoms with van der Waals surface area (Å²) >= 11 is 0. The monoisotopic (exact) mass is 372 g/mol. The number of hydrogen-bond acceptors (Lipinski definition) is 6. The molecular formula is C20H24N2O5. The number of amides is 1. The first-order chi connectivity index (χ1) is 12.8. The second-order valence-electron chi connectivity index (χ2n) is 6.75. The van der Waals surface area contributed by atoms with Crippen LogP contribution in [0.5, 0.6) is 11.5 Å². The predicted molar refractivity (Wildman–Crippen MR) is 98.6 cm³/mol. The molecule has 2 aromatic rings. The molecule has 7 heteroatoms. The third-order valence-electron chi connectivity index (χ3n) is 5.23. The van der Waals surface area contributed by atoms with E-state index in [4.69, 9.17) is 14.2 Å². The van der Waals surface area contributed by atoms with E-state index in [0.717, 1.165) is 5.56 Å². The maximum atomic E-state index is 12.5. The third kappa shape index (κ3) is 3.19. The second-order valence-corrected chi connectivity index (χ2v) is 6.75. The molecular weight excluding hydrogens is 348 g/mol. The molecule has 3 rings (SSSR count). The lowest BCUT2D eigenvalue weighted by atomic mass is 9.86. The van der Waals surface area contributed by atoms with Crippen LogP contribution >= 0.6 is 0 Å². The molecule has 1 fully saturated rings. The molecule has 1 aromatic heterocycles. The minimum absolute atomic E-state index is 0.289. The van der Waals surface area contributed by atoms with Crippen LogP contribution in [0.4, 0.5) is 4.79 Å². The molecule has 2 atom stereocenters. The summed E-state index contributed by atoms with van der Waals surface area (Å²) in [7, 11) is 3.15. The van der Waals surface area contributed by atoms with Gasteiger partial charge in [-0.1, -0.05) is 12.1 Å². The van der Waals surface area contributed by atoms with E-state index in [1.54, 1.807) is 52.6 Å². The maximum absolute atomic E-state index is 12.5. The smallest absolute Gasteiger partial charge is 0.413 e. The molecule has 0 aliphatic carbocycles. The molecule has 1 aliphatic rings. The molecule has 1 aliphatic heterocycles. The zero-order valence-electron chi connectivity index (χ0n) is 15.9. The lowest BCUT2D eigenvalue weighted by molar-refractivity contribution is -0.140. The number of methoxy groups -OCH3 is 2. The van der Waals surface area contributed by atoms with Gasteiger partial charge in [-0.05, 0) is 44.0 Å². The largest absolute Gasteiger partial charge is 0.493 e. The van der Waals surface area contributed by atoms with Crippen molar-refractivity contribution in [2.75, 3.05) is 20.8 Å². The quantitative estimate of drug-likeness (QED) is 0.840. The molecule has 0 spiro atoms. The number of cyclic esters (lactones) is 1. The van der Waals surface area contributed by atoms with Gasteiger partial charge < -0.3 is 19.3 Å². The van der Waals surface area contributed by atoms with Crippen molar-refractivity contribution in [2.45, 2.75) is 31.6 Å². The number of aromatic nitrogens is 1. The van der Waals surface area contributed by atoms with Crippen LogP contribution in [0.25, 0.3) is 0 Å². The summed E-state index contributed by atoms with van der Waals surface area (Å²) in [6, 6.07) is 9.10. The topological polar surface area (TPSA) is 81.1 Å². The summed E-state index contributed by atoms with van der Waals surface area (Å²) < 4.78 is 16.1. The lowest BCUT2D eigenvalue weighted by Gasteiger charge is -2.37. The van der Waals surface area contributed by atoms with Gasteiger partial charge in [0.1, 0.15) is 0 Å². The first-order valence-electron chi connectivity index (χ1n) is 8.68. The van der Waals surface area contributed by atoms with Gasteiger partial charge in [0.15, 0.2) is 22.8 Å². The fraction of sp³-hybridized carbons (Fsp3) is 0.400. The van der Waals surface area contributed by atoms with Crippen LogP contribution < -0.4 is 9.47 Å². The number of carbonyl (C=O) groups is 1. The Bertz CT molecular complexity index is 824. The van der Waals surface area contributed by atoms with Gasteiger partial charge >= 0.3 is 6.09 Å². The van der Waals surface area contributed by atoms with Gasteiger partial charge in [-0.15, -0.1) is 0 Å². The number of pyridine rings is 1. The number of ether oxygens (including phenoxy) is 3. The van der Waals surface area contributed by atoms with Crippen LogP contribution in [0.2, 0.25) is 0 Å². The van der Waals surface area contributed by atoms with Crippen molar-refractivity contribution in [1.29, 1.82) is 0 Å². The molecule has 2 heterocycles. The summed E-state index contributed by atoms with van der Waals surface area (Å²) in [6.45, 7) is 3.56. The molecule has 0 radical (unpaired) electrons. The van der Waals surface area contributed by atoms with E-state index in [-0.39, 0.29) is 6.54 Å². The van der Waals surface area contributed by atoms with Gasteiger partial charge in [-0.3, -0.25) is 9.88 Å². The molecule has 0 saturated carbocycles. The van der Waals surface area contributed by atoms with E-state index in [2.05, 4.69) is 4.98 Å². The Balaban J connectivity index is 1.80. The molecule has 1 saturated heterocycles. The number of benzene rings is 1. The van der Waals surface area contributed by atoms with E-state index in [0.29, 0.717) is 23.5 Å². The molecule has 144 valence electrons. The minimum Gasteiger partial charge on any atom is -0.493 e. The normalized spacial score (nSPS) is 24.6. The van der Waals surface area contributed by atoms with Crippen molar-refractivity contribution in [2.24, 2.45) is 0 Å². The van der Waals surface area contributed by atoms with Crippen LogP contribution in [-0.2, 0) is 16.8 Å². The summed E-state index contributed by atoms with van der Waals surface area (Å²) in [5, 5.41) is 11.2. The Morgan fingerprint density at radius 1 is 1.19 bits per heavy atom. The Hall–Kier alpha value is -2.80. The Morgan fingerprint density at radius 2 is 1.93 bits per heavy atom. The fourth-order valence-electron chi connectivity index (χ4n) is 3.33. The van der Waals surface area contributed by atoms with Gasteiger partial charge in [0, 0.05) is 24.5 Å². The van der Waals surface area contributed by atoms with Gasteiger partial charge in [-0.2, -0.15) is 0 Å². The third-order valence-corrected chi connectivity index (χ3v) is 5.23. The Kier molecular flexibility index (Phi) is 4.97. The first-order valence-corrected chi connectivity index (χ1v) is 8.68. The van der Waals surface area contributed by atoms with E-state index in [9.17, 15) is 9.90 Å². The summed E-state index contributed by atoms with van der Waals surface area (Å²) in [6.07, 6.45) is 3.19. The van der Waals surface area contributed by atoms with Gasteiger partial charge in [0.25, 0.3) is 0 Å². The van der Waals surface area contributed by atoms with Crippen LogP contribution in [0.15, 0.2) is 42.7 Å².